The fraction of sp³-hybridized carbons (Fsp3) is 1.00. The molecule has 1 rings (SSSR count). The zero-order valence-electron chi connectivity index (χ0n) is 7.58. The van der Waals surface area contributed by atoms with E-state index >= 15 is 0 Å². The highest BCUT2D eigenvalue weighted by Gasteiger charge is 2.65. The molecule has 2 nitrogen and oxygen atoms in total. The zero-order valence-corrected chi connectivity index (χ0v) is 7.58. The van der Waals surface area contributed by atoms with Gasteiger partial charge in [-0.25, -0.2) is 9.82 Å². The van der Waals surface area contributed by atoms with Gasteiger partial charge in [0.15, 0.2) is 5.67 Å². The van der Waals surface area contributed by atoms with Crippen LogP contribution in [0.25, 0.3) is 0 Å². The van der Waals surface area contributed by atoms with Crippen LogP contribution in [-0.2, 0) is 0 Å². The van der Waals surface area contributed by atoms with Crippen LogP contribution in [0.2, 0.25) is 0 Å². The Kier molecular flexibility index (Phi) is 1.75. The highest BCUT2D eigenvalue weighted by atomic mass is 19.3. The van der Waals surface area contributed by atoms with Gasteiger partial charge in [0, 0.05) is 0 Å². The molecule has 0 saturated carbocycles. The first-order chi connectivity index (χ1) is 5.09. The van der Waals surface area contributed by atoms with E-state index in [1.807, 2.05) is 0 Å². The van der Waals surface area contributed by atoms with E-state index in [2.05, 4.69) is 5.43 Å². The molecular weight excluding hydrogens is 169 g/mol. The summed E-state index contributed by atoms with van der Waals surface area (Å²) in [6.45, 7) is 4.85. The first-order valence-corrected chi connectivity index (χ1v) is 3.74. The standard InChI is InChI=1S/C7H13F3N2/c1-5(2,8)7(9,10)12-6(3,4)11-12/h11H,1-4H3. The molecule has 0 spiro atoms. The minimum Gasteiger partial charge on any atom is -0.236 e. The number of hydrogen-bond donors (Lipinski definition) is 1. The molecule has 0 aromatic rings. The highest BCUT2D eigenvalue weighted by Crippen LogP contribution is 2.43. The van der Waals surface area contributed by atoms with Crippen molar-refractivity contribution < 1.29 is 13.2 Å². The summed E-state index contributed by atoms with van der Waals surface area (Å²) in [6, 6.07) is -3.46. The first kappa shape index (κ1) is 9.80. The number of nitrogens with one attached hydrogen (secondary N) is 1. The van der Waals surface area contributed by atoms with E-state index in [1.165, 1.54) is 0 Å². The van der Waals surface area contributed by atoms with Crippen LogP contribution in [0, 0.1) is 0 Å². The molecule has 1 atom stereocenters. The lowest BCUT2D eigenvalue weighted by molar-refractivity contribution is -0.199. The van der Waals surface area contributed by atoms with Gasteiger partial charge in [-0.1, -0.05) is 0 Å². The maximum Gasteiger partial charge on any atom is 0.351 e. The lowest BCUT2D eigenvalue weighted by atomic mass is 10.1. The fourth-order valence-corrected chi connectivity index (χ4v) is 0.936. The smallest absolute Gasteiger partial charge is 0.236 e. The highest BCUT2D eigenvalue weighted by molar-refractivity contribution is 4.99. The minimum absolute atomic E-state index is 0.625. The second-order valence-electron chi connectivity index (χ2n) is 4.02. The van der Waals surface area contributed by atoms with Gasteiger partial charge in [-0.05, 0) is 27.7 Å². The third kappa shape index (κ3) is 1.31. The Morgan fingerprint density at radius 2 is 1.50 bits per heavy atom. The Morgan fingerprint density at radius 3 is 1.58 bits per heavy atom. The quantitative estimate of drug-likeness (QED) is 0.521. The maximum atomic E-state index is 13.1. The van der Waals surface area contributed by atoms with Crippen molar-refractivity contribution in [1.82, 2.24) is 10.4 Å². The van der Waals surface area contributed by atoms with Crippen molar-refractivity contribution in [3.63, 3.8) is 0 Å². The molecule has 0 aromatic carbocycles. The van der Waals surface area contributed by atoms with Crippen LogP contribution >= 0.6 is 0 Å². The molecule has 1 aliphatic rings. The summed E-state index contributed by atoms with van der Waals surface area (Å²) < 4.78 is 39.2. The van der Waals surface area contributed by atoms with Crippen molar-refractivity contribution in [3.8, 4) is 0 Å². The predicted octanol–water partition coefficient (Wildman–Crippen LogP) is 1.88. The van der Waals surface area contributed by atoms with Crippen LogP contribution in [0.15, 0.2) is 0 Å². The van der Waals surface area contributed by atoms with Crippen molar-refractivity contribution in [2.24, 2.45) is 0 Å². The van der Waals surface area contributed by atoms with Gasteiger partial charge >= 0.3 is 6.05 Å². The summed E-state index contributed by atoms with van der Waals surface area (Å²) in [5.41, 5.74) is -0.935. The Morgan fingerprint density at radius 1 is 1.17 bits per heavy atom. The van der Waals surface area contributed by atoms with Crippen LogP contribution in [-0.4, -0.2) is 22.4 Å². The second-order valence-corrected chi connectivity index (χ2v) is 4.02. The van der Waals surface area contributed by atoms with Gasteiger partial charge in [0.2, 0.25) is 0 Å². The molecule has 1 saturated heterocycles. The van der Waals surface area contributed by atoms with Crippen LogP contribution < -0.4 is 5.43 Å². The normalized spacial score (nSPS) is 28.8. The number of rotatable bonds is 2. The Labute approximate surface area is 69.7 Å². The van der Waals surface area contributed by atoms with Crippen LogP contribution in [0.1, 0.15) is 27.7 Å². The summed E-state index contributed by atoms with van der Waals surface area (Å²) in [5.74, 6) is 0. The molecule has 0 radical (unpaired) electrons. The van der Waals surface area contributed by atoms with E-state index in [1.54, 1.807) is 13.8 Å². The Hall–Kier alpha value is -0.290. The van der Waals surface area contributed by atoms with Crippen molar-refractivity contribution in [3.05, 3.63) is 0 Å². The van der Waals surface area contributed by atoms with Crippen molar-refractivity contribution >= 4 is 0 Å². The average Bonchev–Trinajstić information content (AvgIpc) is 2.37. The molecule has 1 aliphatic heterocycles. The van der Waals surface area contributed by atoms with Crippen LogP contribution in [0.3, 0.4) is 0 Å². The summed E-state index contributed by atoms with van der Waals surface area (Å²) in [4.78, 5) is 0. The summed E-state index contributed by atoms with van der Waals surface area (Å²) in [5, 5.41) is 0.625. The van der Waals surface area contributed by atoms with Crippen molar-refractivity contribution in [1.29, 1.82) is 0 Å². The van der Waals surface area contributed by atoms with Crippen LogP contribution in [0.4, 0.5) is 13.2 Å². The number of hydrazine groups is 1. The predicted molar refractivity (Wildman–Crippen MR) is 39.2 cm³/mol. The number of hydrogen-bond acceptors (Lipinski definition) is 2. The molecule has 1 fully saturated rings. The lowest BCUT2D eigenvalue weighted by Gasteiger charge is -2.27. The van der Waals surface area contributed by atoms with Gasteiger partial charge in [-0.2, -0.15) is 13.8 Å². The van der Waals surface area contributed by atoms with Gasteiger partial charge < -0.3 is 0 Å². The van der Waals surface area contributed by atoms with E-state index in [0.29, 0.717) is 5.01 Å². The lowest BCUT2D eigenvalue weighted by Crippen LogP contribution is -2.47. The summed E-state index contributed by atoms with van der Waals surface area (Å²) >= 11 is 0. The largest absolute Gasteiger partial charge is 0.351 e. The first-order valence-electron chi connectivity index (χ1n) is 3.74. The Balaban J connectivity index is 2.76. The van der Waals surface area contributed by atoms with E-state index < -0.39 is 17.4 Å². The fourth-order valence-electron chi connectivity index (χ4n) is 0.936. The van der Waals surface area contributed by atoms with E-state index in [9.17, 15) is 13.2 Å². The molecule has 1 unspecified atom stereocenters. The van der Waals surface area contributed by atoms with E-state index in [0.717, 1.165) is 13.8 Å². The minimum atomic E-state index is -3.46. The molecule has 0 bridgehead atoms. The zero-order chi connectivity index (χ0) is 9.78. The number of alkyl halides is 3. The van der Waals surface area contributed by atoms with Crippen molar-refractivity contribution in [2.75, 3.05) is 0 Å². The summed E-state index contributed by atoms with van der Waals surface area (Å²) in [6.07, 6.45) is 0. The van der Waals surface area contributed by atoms with E-state index in [4.69, 9.17) is 0 Å². The Bertz CT molecular complexity index is 195. The van der Waals surface area contributed by atoms with E-state index in [-0.39, 0.29) is 0 Å². The molecule has 12 heavy (non-hydrogen) atoms. The second kappa shape index (κ2) is 2.14. The van der Waals surface area contributed by atoms with Crippen LogP contribution in [0.5, 0.6) is 0 Å². The monoisotopic (exact) mass is 182 g/mol. The number of halogens is 3. The SMILES string of the molecule is CC1(C)NN1C(F)(F)C(C)(C)F. The molecule has 0 aromatic heterocycles. The molecule has 1 heterocycles. The molecule has 5 heteroatoms. The van der Waals surface area contributed by atoms with Crippen molar-refractivity contribution in [2.45, 2.75) is 45.1 Å². The maximum absolute atomic E-state index is 13.1. The number of nitrogens with zero attached hydrogens (tertiary/aromatic N) is 1. The van der Waals surface area contributed by atoms with Gasteiger partial charge in [0.05, 0.1) is 5.66 Å². The van der Waals surface area contributed by atoms with Gasteiger partial charge in [-0.3, -0.25) is 0 Å². The third-order valence-corrected chi connectivity index (χ3v) is 1.89. The topological polar surface area (TPSA) is 25.0 Å². The van der Waals surface area contributed by atoms with Gasteiger partial charge in [0.1, 0.15) is 0 Å². The average molecular weight is 182 g/mol. The third-order valence-electron chi connectivity index (χ3n) is 1.89. The molecular formula is C7H13F3N2. The van der Waals surface area contributed by atoms with Gasteiger partial charge in [0.25, 0.3) is 0 Å². The molecule has 0 amide bonds. The molecule has 72 valence electrons. The van der Waals surface area contributed by atoms with Gasteiger partial charge in [-0.15, -0.1) is 0 Å². The molecule has 0 aliphatic carbocycles. The molecule has 1 N–H and O–H groups in total. The summed E-state index contributed by atoms with van der Waals surface area (Å²) in [7, 11) is 0.